The maximum atomic E-state index is 11.4. The minimum atomic E-state index is -1.11. The number of carbonyl (C=O) groups excluding carboxylic acids is 1. The number of aliphatic imine (C=N–C) groups is 1. The van der Waals surface area contributed by atoms with E-state index >= 15 is 0 Å². The zero-order chi connectivity index (χ0) is 12.0. The van der Waals surface area contributed by atoms with Gasteiger partial charge in [-0.2, -0.15) is 0 Å². The molecular formula is C12H16N2O2. The minimum absolute atomic E-state index is 0.409. The van der Waals surface area contributed by atoms with Gasteiger partial charge in [-0.3, -0.25) is 4.79 Å². The van der Waals surface area contributed by atoms with Crippen molar-refractivity contribution in [1.29, 1.82) is 0 Å². The molecule has 4 heteroatoms. The van der Waals surface area contributed by atoms with Crippen molar-refractivity contribution in [1.82, 2.24) is 5.32 Å². The van der Waals surface area contributed by atoms with Gasteiger partial charge in [-0.25, -0.2) is 0 Å². The first-order valence-corrected chi connectivity index (χ1v) is 5.07. The lowest BCUT2D eigenvalue weighted by atomic mass is 9.94. The second-order valence-corrected chi connectivity index (χ2v) is 3.40. The highest BCUT2D eigenvalue weighted by Crippen LogP contribution is 2.17. The van der Waals surface area contributed by atoms with Crippen LogP contribution in [0.15, 0.2) is 35.3 Å². The molecule has 0 radical (unpaired) electrons. The molecule has 16 heavy (non-hydrogen) atoms. The summed E-state index contributed by atoms with van der Waals surface area (Å²) in [5, 5.41) is 12.3. The Bertz CT molecular complexity index is 363. The monoisotopic (exact) mass is 220 g/mol. The third-order valence-corrected chi connectivity index (χ3v) is 2.35. The van der Waals surface area contributed by atoms with Gasteiger partial charge in [-0.1, -0.05) is 30.3 Å². The molecule has 1 aromatic carbocycles. The zero-order valence-electron chi connectivity index (χ0n) is 9.42. The van der Waals surface area contributed by atoms with E-state index in [1.54, 1.807) is 13.3 Å². The van der Waals surface area contributed by atoms with E-state index in [4.69, 9.17) is 0 Å². The van der Waals surface area contributed by atoms with Gasteiger partial charge in [0.05, 0.1) is 5.92 Å². The molecule has 0 heterocycles. The van der Waals surface area contributed by atoms with Crippen LogP contribution in [0, 0.1) is 0 Å². The maximum Gasteiger partial charge on any atom is 0.249 e. The van der Waals surface area contributed by atoms with Crippen LogP contribution < -0.4 is 5.32 Å². The molecule has 4 nitrogen and oxygen atoms in total. The highest BCUT2D eigenvalue weighted by atomic mass is 16.3. The Morgan fingerprint density at radius 1 is 1.44 bits per heavy atom. The number of likely N-dealkylation sites (N-methyl/N-ethyl adjacent to an activating group) is 1. The SMILES string of the molecule is CN=CC(c1ccccc1)C(O)C(=O)NC. The topological polar surface area (TPSA) is 61.7 Å². The largest absolute Gasteiger partial charge is 0.382 e. The molecular weight excluding hydrogens is 204 g/mol. The zero-order valence-corrected chi connectivity index (χ0v) is 9.42. The molecule has 0 bridgehead atoms. The summed E-state index contributed by atoms with van der Waals surface area (Å²) in [4.78, 5) is 15.3. The van der Waals surface area contributed by atoms with Gasteiger partial charge >= 0.3 is 0 Å². The van der Waals surface area contributed by atoms with E-state index in [2.05, 4.69) is 10.3 Å². The van der Waals surface area contributed by atoms with Crippen LogP contribution in [-0.2, 0) is 4.79 Å². The Kier molecular flexibility index (Phi) is 4.66. The van der Waals surface area contributed by atoms with Crippen molar-refractivity contribution in [2.24, 2.45) is 4.99 Å². The molecule has 0 aliphatic carbocycles. The predicted octanol–water partition coefficient (Wildman–Crippen LogP) is 0.578. The lowest BCUT2D eigenvalue weighted by Crippen LogP contribution is -2.37. The van der Waals surface area contributed by atoms with Gasteiger partial charge in [-0.15, -0.1) is 0 Å². The minimum Gasteiger partial charge on any atom is -0.382 e. The number of amides is 1. The number of hydrogen-bond acceptors (Lipinski definition) is 3. The van der Waals surface area contributed by atoms with Crippen molar-refractivity contribution in [2.75, 3.05) is 14.1 Å². The quantitative estimate of drug-likeness (QED) is 0.729. The number of hydrogen-bond donors (Lipinski definition) is 2. The maximum absolute atomic E-state index is 11.4. The highest BCUT2D eigenvalue weighted by molar-refractivity contribution is 5.86. The second-order valence-electron chi connectivity index (χ2n) is 3.40. The van der Waals surface area contributed by atoms with Crippen molar-refractivity contribution < 1.29 is 9.90 Å². The molecule has 0 saturated heterocycles. The molecule has 1 aromatic rings. The fourth-order valence-electron chi connectivity index (χ4n) is 1.50. The normalized spacial score (nSPS) is 14.7. The average molecular weight is 220 g/mol. The van der Waals surface area contributed by atoms with Gasteiger partial charge in [0.25, 0.3) is 0 Å². The van der Waals surface area contributed by atoms with Crippen molar-refractivity contribution in [3.05, 3.63) is 35.9 Å². The van der Waals surface area contributed by atoms with Crippen LogP contribution in [0.2, 0.25) is 0 Å². The van der Waals surface area contributed by atoms with Crippen LogP contribution in [0.1, 0.15) is 11.5 Å². The van der Waals surface area contributed by atoms with E-state index in [0.717, 1.165) is 5.56 Å². The number of nitrogens with one attached hydrogen (secondary N) is 1. The number of rotatable bonds is 4. The van der Waals surface area contributed by atoms with Crippen LogP contribution >= 0.6 is 0 Å². The number of aliphatic hydroxyl groups excluding tert-OH is 1. The number of benzene rings is 1. The van der Waals surface area contributed by atoms with E-state index in [0.29, 0.717) is 0 Å². The number of nitrogens with zero attached hydrogens (tertiary/aromatic N) is 1. The molecule has 0 aromatic heterocycles. The van der Waals surface area contributed by atoms with Crippen molar-refractivity contribution in [2.45, 2.75) is 12.0 Å². The first-order chi connectivity index (χ1) is 7.70. The van der Waals surface area contributed by atoms with Gasteiger partial charge in [0.2, 0.25) is 5.91 Å². The molecule has 2 N–H and O–H groups in total. The Labute approximate surface area is 95.0 Å². The first kappa shape index (κ1) is 12.4. The Morgan fingerprint density at radius 2 is 2.06 bits per heavy atom. The molecule has 0 fully saturated rings. The Balaban J connectivity index is 2.96. The molecule has 0 saturated carbocycles. The van der Waals surface area contributed by atoms with Gasteiger partial charge in [-0.05, 0) is 5.56 Å². The van der Waals surface area contributed by atoms with Gasteiger partial charge < -0.3 is 15.4 Å². The molecule has 0 spiro atoms. The van der Waals surface area contributed by atoms with Crippen LogP contribution in [-0.4, -0.2) is 37.4 Å². The fraction of sp³-hybridized carbons (Fsp3) is 0.333. The molecule has 2 unspecified atom stereocenters. The number of aliphatic hydroxyl groups is 1. The molecule has 0 aliphatic rings. The summed E-state index contributed by atoms with van der Waals surface area (Å²) in [6.45, 7) is 0. The highest BCUT2D eigenvalue weighted by Gasteiger charge is 2.24. The molecule has 86 valence electrons. The summed E-state index contributed by atoms with van der Waals surface area (Å²) in [7, 11) is 3.11. The third kappa shape index (κ3) is 2.90. The van der Waals surface area contributed by atoms with E-state index in [1.165, 1.54) is 7.05 Å². The molecule has 0 aliphatic heterocycles. The standard InChI is InChI=1S/C12H16N2O2/c1-13-8-10(11(15)12(16)14-2)9-6-4-3-5-7-9/h3-8,10-11,15H,1-2H3,(H,14,16). The molecule has 1 rings (SSSR count). The second kappa shape index (κ2) is 6.02. The van der Waals surface area contributed by atoms with Crippen LogP contribution in [0.25, 0.3) is 0 Å². The fourth-order valence-corrected chi connectivity index (χ4v) is 1.50. The van der Waals surface area contributed by atoms with Crippen LogP contribution in [0.5, 0.6) is 0 Å². The lowest BCUT2D eigenvalue weighted by Gasteiger charge is -2.18. The van der Waals surface area contributed by atoms with Gasteiger partial charge in [0, 0.05) is 20.3 Å². The van der Waals surface area contributed by atoms with Gasteiger partial charge in [0.15, 0.2) is 0 Å². The van der Waals surface area contributed by atoms with E-state index < -0.39 is 17.9 Å². The van der Waals surface area contributed by atoms with Crippen molar-refractivity contribution in [3.63, 3.8) is 0 Å². The lowest BCUT2D eigenvalue weighted by molar-refractivity contribution is -0.129. The smallest absolute Gasteiger partial charge is 0.249 e. The van der Waals surface area contributed by atoms with Crippen molar-refractivity contribution >= 4 is 12.1 Å². The van der Waals surface area contributed by atoms with E-state index in [1.807, 2.05) is 30.3 Å². The van der Waals surface area contributed by atoms with Gasteiger partial charge in [0.1, 0.15) is 6.10 Å². The summed E-state index contributed by atoms with van der Waals surface area (Å²) in [6, 6.07) is 9.33. The molecule has 2 atom stereocenters. The summed E-state index contributed by atoms with van der Waals surface area (Å²) < 4.78 is 0. The number of carbonyl (C=O) groups is 1. The van der Waals surface area contributed by atoms with E-state index in [-0.39, 0.29) is 0 Å². The Morgan fingerprint density at radius 3 is 2.56 bits per heavy atom. The third-order valence-electron chi connectivity index (χ3n) is 2.35. The summed E-state index contributed by atoms with van der Waals surface area (Å²) in [6.07, 6.45) is 0.464. The predicted molar refractivity (Wildman–Crippen MR) is 63.7 cm³/mol. The van der Waals surface area contributed by atoms with E-state index in [9.17, 15) is 9.90 Å². The average Bonchev–Trinajstić information content (AvgIpc) is 2.35. The first-order valence-electron chi connectivity index (χ1n) is 5.07. The summed E-state index contributed by atoms with van der Waals surface area (Å²) in [5.41, 5.74) is 0.865. The summed E-state index contributed by atoms with van der Waals surface area (Å²) in [5.74, 6) is -0.820. The summed E-state index contributed by atoms with van der Waals surface area (Å²) >= 11 is 0. The van der Waals surface area contributed by atoms with Crippen molar-refractivity contribution in [3.8, 4) is 0 Å². The van der Waals surface area contributed by atoms with Crippen LogP contribution in [0.3, 0.4) is 0 Å². The Hall–Kier alpha value is -1.68. The molecule has 1 amide bonds. The van der Waals surface area contributed by atoms with Crippen LogP contribution in [0.4, 0.5) is 0 Å².